The van der Waals surface area contributed by atoms with Crippen molar-refractivity contribution in [2.45, 2.75) is 64.8 Å². The highest BCUT2D eigenvalue weighted by Crippen LogP contribution is 2.29. The first-order chi connectivity index (χ1) is 8.01. The monoisotopic (exact) mass is 240 g/mol. The first-order valence-electron chi connectivity index (χ1n) is 7.01. The summed E-state index contributed by atoms with van der Waals surface area (Å²) in [6.45, 7) is 8.22. The van der Waals surface area contributed by atoms with Crippen LogP contribution in [0.2, 0.25) is 0 Å². The molecular formula is C14H28N2O. The van der Waals surface area contributed by atoms with Crippen LogP contribution in [0.3, 0.4) is 0 Å². The molecule has 2 N–H and O–H groups in total. The molecule has 0 aromatic heterocycles. The maximum absolute atomic E-state index is 12.2. The number of hydrogen-bond donors (Lipinski definition) is 1. The van der Waals surface area contributed by atoms with Crippen LogP contribution >= 0.6 is 0 Å². The summed E-state index contributed by atoms with van der Waals surface area (Å²) >= 11 is 0. The lowest BCUT2D eigenvalue weighted by molar-refractivity contribution is -0.134. The van der Waals surface area contributed by atoms with Crippen LogP contribution < -0.4 is 5.73 Å². The van der Waals surface area contributed by atoms with E-state index in [1.54, 1.807) is 0 Å². The van der Waals surface area contributed by atoms with Gasteiger partial charge in [-0.1, -0.05) is 13.3 Å². The second kappa shape index (κ2) is 6.39. The molecule has 0 bridgehead atoms. The van der Waals surface area contributed by atoms with E-state index in [1.165, 1.54) is 0 Å². The number of carbonyl (C=O) groups is 1. The minimum Gasteiger partial charge on any atom is -0.338 e. The van der Waals surface area contributed by atoms with Crippen molar-refractivity contribution < 1.29 is 4.79 Å². The molecule has 0 aromatic rings. The highest BCUT2D eigenvalue weighted by molar-refractivity contribution is 5.77. The van der Waals surface area contributed by atoms with Crippen molar-refractivity contribution in [2.75, 3.05) is 13.1 Å². The van der Waals surface area contributed by atoms with Gasteiger partial charge in [-0.25, -0.2) is 0 Å². The second-order valence-corrected chi connectivity index (χ2v) is 5.85. The second-order valence-electron chi connectivity index (χ2n) is 5.85. The molecule has 1 amide bonds. The molecule has 0 aliphatic carbocycles. The Balaban J connectivity index is 2.39. The lowest BCUT2D eigenvalue weighted by Gasteiger charge is -2.32. The van der Waals surface area contributed by atoms with Gasteiger partial charge < -0.3 is 10.6 Å². The third-order valence-electron chi connectivity index (χ3n) is 4.12. The SMILES string of the molecule is CCC(CCN)CCC(=O)N1CCCC1(C)C. The smallest absolute Gasteiger partial charge is 0.223 e. The van der Waals surface area contributed by atoms with Crippen LogP contribution in [0.5, 0.6) is 0 Å². The van der Waals surface area contributed by atoms with Gasteiger partial charge in [0.05, 0.1) is 0 Å². The zero-order chi connectivity index (χ0) is 12.9. The lowest BCUT2D eigenvalue weighted by atomic mass is 9.95. The van der Waals surface area contributed by atoms with Crippen molar-refractivity contribution in [2.24, 2.45) is 11.7 Å². The van der Waals surface area contributed by atoms with Crippen LogP contribution in [0.25, 0.3) is 0 Å². The summed E-state index contributed by atoms with van der Waals surface area (Å²) in [5.74, 6) is 0.956. The summed E-state index contributed by atoms with van der Waals surface area (Å²) in [4.78, 5) is 14.3. The van der Waals surface area contributed by atoms with Gasteiger partial charge in [-0.15, -0.1) is 0 Å². The standard InChI is InChI=1S/C14H28N2O/c1-4-12(8-10-15)6-7-13(17)16-11-5-9-14(16,2)3/h12H,4-11,15H2,1-3H3. The number of likely N-dealkylation sites (tertiary alicyclic amines) is 1. The Bertz CT molecular complexity index is 251. The van der Waals surface area contributed by atoms with Gasteiger partial charge in [-0.05, 0) is 52.0 Å². The summed E-state index contributed by atoms with van der Waals surface area (Å²) in [6.07, 6.45) is 6.17. The predicted octanol–water partition coefficient (Wildman–Crippen LogP) is 2.54. The van der Waals surface area contributed by atoms with Crippen molar-refractivity contribution in [1.29, 1.82) is 0 Å². The molecule has 3 heteroatoms. The third-order valence-corrected chi connectivity index (χ3v) is 4.12. The summed E-state index contributed by atoms with van der Waals surface area (Å²) in [6, 6.07) is 0. The Labute approximate surface area is 106 Å². The minimum atomic E-state index is 0.0761. The van der Waals surface area contributed by atoms with Gasteiger partial charge in [0.15, 0.2) is 0 Å². The van der Waals surface area contributed by atoms with Gasteiger partial charge in [0.1, 0.15) is 0 Å². The number of nitrogens with two attached hydrogens (primary N) is 1. The molecule has 1 saturated heterocycles. The zero-order valence-corrected chi connectivity index (χ0v) is 11.7. The van der Waals surface area contributed by atoms with Gasteiger partial charge >= 0.3 is 0 Å². The van der Waals surface area contributed by atoms with E-state index in [9.17, 15) is 4.79 Å². The molecule has 1 aliphatic rings. The topological polar surface area (TPSA) is 46.3 Å². The first-order valence-corrected chi connectivity index (χ1v) is 7.01. The molecule has 0 saturated carbocycles. The van der Waals surface area contributed by atoms with Gasteiger partial charge in [-0.2, -0.15) is 0 Å². The summed E-state index contributed by atoms with van der Waals surface area (Å²) in [5.41, 5.74) is 5.66. The molecule has 1 heterocycles. The Hall–Kier alpha value is -0.570. The van der Waals surface area contributed by atoms with E-state index < -0.39 is 0 Å². The van der Waals surface area contributed by atoms with E-state index in [0.717, 1.165) is 45.2 Å². The fourth-order valence-electron chi connectivity index (χ4n) is 2.82. The number of amides is 1. The van der Waals surface area contributed by atoms with Crippen molar-refractivity contribution in [1.82, 2.24) is 4.90 Å². The molecule has 100 valence electrons. The number of nitrogens with zero attached hydrogens (tertiary/aromatic N) is 1. The number of rotatable bonds is 6. The van der Waals surface area contributed by atoms with Crippen molar-refractivity contribution in [3.05, 3.63) is 0 Å². The molecule has 1 unspecified atom stereocenters. The molecule has 3 nitrogen and oxygen atoms in total. The Morgan fingerprint density at radius 2 is 2.12 bits per heavy atom. The van der Waals surface area contributed by atoms with E-state index in [4.69, 9.17) is 5.73 Å². The average molecular weight is 240 g/mol. The van der Waals surface area contributed by atoms with Crippen LogP contribution in [0, 0.1) is 5.92 Å². The van der Waals surface area contributed by atoms with Crippen molar-refractivity contribution >= 4 is 5.91 Å². The van der Waals surface area contributed by atoms with Gasteiger partial charge in [0.25, 0.3) is 0 Å². The molecule has 1 fully saturated rings. The molecule has 1 rings (SSSR count). The fourth-order valence-corrected chi connectivity index (χ4v) is 2.82. The van der Waals surface area contributed by atoms with E-state index in [1.807, 2.05) is 0 Å². The molecular weight excluding hydrogens is 212 g/mol. The van der Waals surface area contributed by atoms with Gasteiger partial charge in [0, 0.05) is 18.5 Å². The van der Waals surface area contributed by atoms with Crippen LogP contribution in [-0.4, -0.2) is 29.4 Å². The fraction of sp³-hybridized carbons (Fsp3) is 0.929. The quantitative estimate of drug-likeness (QED) is 0.775. The number of hydrogen-bond acceptors (Lipinski definition) is 2. The summed E-state index contributed by atoms with van der Waals surface area (Å²) < 4.78 is 0. The maximum atomic E-state index is 12.2. The van der Waals surface area contributed by atoms with Gasteiger partial charge in [0.2, 0.25) is 5.91 Å². The molecule has 0 radical (unpaired) electrons. The third kappa shape index (κ3) is 3.98. The normalized spacial score (nSPS) is 20.6. The number of carbonyl (C=O) groups excluding carboxylic acids is 1. The Morgan fingerprint density at radius 3 is 2.59 bits per heavy atom. The molecule has 0 aromatic carbocycles. The highest BCUT2D eigenvalue weighted by Gasteiger charge is 2.34. The Morgan fingerprint density at radius 1 is 1.41 bits per heavy atom. The van der Waals surface area contributed by atoms with Crippen LogP contribution in [0.15, 0.2) is 0 Å². The van der Waals surface area contributed by atoms with Crippen LogP contribution in [-0.2, 0) is 4.79 Å². The average Bonchev–Trinajstić information content (AvgIpc) is 2.63. The van der Waals surface area contributed by atoms with Crippen LogP contribution in [0.4, 0.5) is 0 Å². The summed E-state index contributed by atoms with van der Waals surface area (Å²) in [5, 5.41) is 0. The molecule has 0 spiro atoms. The predicted molar refractivity (Wildman–Crippen MR) is 71.7 cm³/mol. The van der Waals surface area contributed by atoms with E-state index in [0.29, 0.717) is 18.2 Å². The largest absolute Gasteiger partial charge is 0.338 e. The van der Waals surface area contributed by atoms with E-state index in [2.05, 4.69) is 25.7 Å². The Kier molecular flexibility index (Phi) is 5.44. The van der Waals surface area contributed by atoms with Crippen molar-refractivity contribution in [3.8, 4) is 0 Å². The van der Waals surface area contributed by atoms with Crippen LogP contribution in [0.1, 0.15) is 59.3 Å². The first kappa shape index (κ1) is 14.5. The molecule has 17 heavy (non-hydrogen) atoms. The molecule has 1 aliphatic heterocycles. The minimum absolute atomic E-state index is 0.0761. The summed E-state index contributed by atoms with van der Waals surface area (Å²) in [7, 11) is 0. The zero-order valence-electron chi connectivity index (χ0n) is 11.7. The van der Waals surface area contributed by atoms with E-state index in [-0.39, 0.29) is 5.54 Å². The molecule has 1 atom stereocenters. The van der Waals surface area contributed by atoms with E-state index >= 15 is 0 Å². The maximum Gasteiger partial charge on any atom is 0.223 e. The van der Waals surface area contributed by atoms with Crippen molar-refractivity contribution in [3.63, 3.8) is 0 Å². The lowest BCUT2D eigenvalue weighted by Crippen LogP contribution is -2.42. The highest BCUT2D eigenvalue weighted by atomic mass is 16.2. The van der Waals surface area contributed by atoms with Gasteiger partial charge in [-0.3, -0.25) is 4.79 Å².